The molecule has 0 radical (unpaired) electrons. The highest BCUT2D eigenvalue weighted by atomic mass is 16.4. The van der Waals surface area contributed by atoms with Crippen LogP contribution in [0.15, 0.2) is 43.0 Å². The number of aliphatic carboxylic acids is 1. The molecule has 0 aliphatic heterocycles. The third-order valence-corrected chi connectivity index (χ3v) is 5.25. The lowest BCUT2D eigenvalue weighted by atomic mass is 10.1. The molecule has 1 rings (SSSR count). The number of carboxylic acid groups (broad SMARTS) is 1. The number of carboxylic acids is 1. The van der Waals surface area contributed by atoms with Crippen molar-refractivity contribution >= 4 is 5.97 Å². The molecule has 29 heavy (non-hydrogen) atoms. The zero-order chi connectivity index (χ0) is 21.8. The standard InChI is InChI=1S/C23H42N.C3H4O2/c1-4-5-6-7-8-9-10-11-12-13-14-18-21-24(2,3)22-23-19-16-15-17-20-23;1-2-3(4)5/h15-17,19-20H,4-14,18,21-22H2,1-3H3;2H,1H2,(H,4,5)/q+1;. The number of nitrogens with zero attached hydrogens (tertiary/aromatic N) is 1. The largest absolute Gasteiger partial charge is 0.478 e. The van der Waals surface area contributed by atoms with Gasteiger partial charge in [0.15, 0.2) is 0 Å². The first-order valence-electron chi connectivity index (χ1n) is 11.6. The molecule has 3 nitrogen and oxygen atoms in total. The molecule has 0 atom stereocenters. The van der Waals surface area contributed by atoms with Gasteiger partial charge in [-0.15, -0.1) is 0 Å². The van der Waals surface area contributed by atoms with Crippen molar-refractivity contribution in [2.24, 2.45) is 0 Å². The average molecular weight is 405 g/mol. The summed E-state index contributed by atoms with van der Waals surface area (Å²) in [4.78, 5) is 9.25. The van der Waals surface area contributed by atoms with Crippen molar-refractivity contribution in [2.75, 3.05) is 20.6 Å². The average Bonchev–Trinajstić information content (AvgIpc) is 2.69. The van der Waals surface area contributed by atoms with Gasteiger partial charge >= 0.3 is 5.97 Å². The number of unbranched alkanes of at least 4 members (excludes halogenated alkanes) is 11. The molecule has 0 aliphatic rings. The molecule has 0 unspecified atom stereocenters. The van der Waals surface area contributed by atoms with Crippen LogP contribution in [0.5, 0.6) is 0 Å². The molecule has 1 aromatic rings. The number of benzene rings is 1. The number of quaternary nitrogens is 1. The van der Waals surface area contributed by atoms with Gasteiger partial charge in [-0.05, 0) is 12.8 Å². The van der Waals surface area contributed by atoms with Gasteiger partial charge in [0.25, 0.3) is 0 Å². The Hall–Kier alpha value is -1.61. The Labute approximate surface area is 180 Å². The van der Waals surface area contributed by atoms with Crippen LogP contribution < -0.4 is 0 Å². The van der Waals surface area contributed by atoms with E-state index in [1.54, 1.807) is 0 Å². The van der Waals surface area contributed by atoms with Gasteiger partial charge in [0.1, 0.15) is 6.54 Å². The van der Waals surface area contributed by atoms with E-state index in [0.29, 0.717) is 0 Å². The summed E-state index contributed by atoms with van der Waals surface area (Å²) in [7, 11) is 4.73. The highest BCUT2D eigenvalue weighted by molar-refractivity contribution is 5.78. The molecule has 0 aromatic heterocycles. The number of carbonyl (C=O) groups is 1. The van der Waals surface area contributed by atoms with Crippen molar-refractivity contribution in [1.29, 1.82) is 0 Å². The SMILES string of the molecule is C=CC(=O)O.CCCCCCCCCCCCCC[N+](C)(C)Cc1ccccc1. The summed E-state index contributed by atoms with van der Waals surface area (Å²) < 4.78 is 1.11. The summed E-state index contributed by atoms with van der Waals surface area (Å²) in [5.41, 5.74) is 1.46. The monoisotopic (exact) mass is 404 g/mol. The van der Waals surface area contributed by atoms with Crippen molar-refractivity contribution in [3.63, 3.8) is 0 Å². The van der Waals surface area contributed by atoms with Crippen molar-refractivity contribution in [3.8, 4) is 0 Å². The Morgan fingerprint density at radius 1 is 0.862 bits per heavy atom. The summed E-state index contributed by atoms with van der Waals surface area (Å²) in [6.45, 7) is 7.70. The van der Waals surface area contributed by atoms with Gasteiger partial charge < -0.3 is 9.59 Å². The molecule has 0 saturated carbocycles. The predicted molar refractivity (Wildman–Crippen MR) is 126 cm³/mol. The zero-order valence-electron chi connectivity index (χ0n) is 19.4. The summed E-state index contributed by atoms with van der Waals surface area (Å²) in [5.74, 6) is -0.981. The molecular weight excluding hydrogens is 358 g/mol. The summed E-state index contributed by atoms with van der Waals surface area (Å²) in [6.07, 6.45) is 18.0. The number of hydrogen-bond donors (Lipinski definition) is 1. The highest BCUT2D eigenvalue weighted by Gasteiger charge is 2.14. The fourth-order valence-electron chi connectivity index (χ4n) is 3.54. The van der Waals surface area contributed by atoms with E-state index in [1.807, 2.05) is 0 Å². The number of hydrogen-bond acceptors (Lipinski definition) is 1. The van der Waals surface area contributed by atoms with Crippen LogP contribution in [0.25, 0.3) is 0 Å². The molecular formula is C26H46NO2+. The first-order chi connectivity index (χ1) is 13.9. The molecule has 0 heterocycles. The highest BCUT2D eigenvalue weighted by Crippen LogP contribution is 2.14. The van der Waals surface area contributed by atoms with E-state index < -0.39 is 5.97 Å². The molecule has 0 aliphatic carbocycles. The molecule has 3 heteroatoms. The minimum absolute atomic E-state index is 0.833. The van der Waals surface area contributed by atoms with Crippen molar-refractivity contribution in [1.82, 2.24) is 0 Å². The van der Waals surface area contributed by atoms with Crippen LogP contribution in [0, 0.1) is 0 Å². The van der Waals surface area contributed by atoms with Crippen molar-refractivity contribution in [2.45, 2.75) is 90.5 Å². The second-order valence-corrected chi connectivity index (χ2v) is 8.73. The quantitative estimate of drug-likeness (QED) is 0.179. The van der Waals surface area contributed by atoms with E-state index in [0.717, 1.165) is 17.1 Å². The first-order valence-corrected chi connectivity index (χ1v) is 11.6. The van der Waals surface area contributed by atoms with E-state index in [1.165, 1.54) is 89.2 Å². The van der Waals surface area contributed by atoms with E-state index in [9.17, 15) is 4.79 Å². The van der Waals surface area contributed by atoms with E-state index in [-0.39, 0.29) is 0 Å². The maximum Gasteiger partial charge on any atom is 0.327 e. The van der Waals surface area contributed by atoms with Gasteiger partial charge in [0, 0.05) is 11.6 Å². The Bertz CT molecular complexity index is 511. The summed E-state index contributed by atoms with van der Waals surface area (Å²) >= 11 is 0. The fraction of sp³-hybridized carbons (Fsp3) is 0.654. The maximum absolute atomic E-state index is 9.25. The predicted octanol–water partition coefficient (Wildman–Crippen LogP) is 7.22. The van der Waals surface area contributed by atoms with Gasteiger partial charge in [-0.1, -0.05) is 108 Å². The molecule has 1 aromatic carbocycles. The lowest BCUT2D eigenvalue weighted by Crippen LogP contribution is -2.39. The van der Waals surface area contributed by atoms with Crippen LogP contribution in [0.4, 0.5) is 0 Å². The summed E-state index contributed by atoms with van der Waals surface area (Å²) in [6, 6.07) is 10.9. The molecule has 1 N–H and O–H groups in total. The Balaban J connectivity index is 0.00000139. The lowest BCUT2D eigenvalue weighted by molar-refractivity contribution is -0.903. The van der Waals surface area contributed by atoms with Gasteiger partial charge in [-0.2, -0.15) is 0 Å². The molecule has 0 amide bonds. The maximum atomic E-state index is 9.25. The van der Waals surface area contributed by atoms with Crippen LogP contribution in [0.2, 0.25) is 0 Å². The minimum atomic E-state index is -0.981. The Morgan fingerprint density at radius 2 is 1.28 bits per heavy atom. The third-order valence-electron chi connectivity index (χ3n) is 5.25. The van der Waals surface area contributed by atoms with Gasteiger partial charge in [-0.25, -0.2) is 4.79 Å². The van der Waals surface area contributed by atoms with Gasteiger partial charge in [0.2, 0.25) is 0 Å². The Kier molecular flexibility index (Phi) is 17.4. The molecule has 0 saturated heterocycles. The second-order valence-electron chi connectivity index (χ2n) is 8.73. The van der Waals surface area contributed by atoms with E-state index >= 15 is 0 Å². The van der Waals surface area contributed by atoms with Crippen molar-refractivity contribution < 1.29 is 14.4 Å². The summed E-state index contributed by atoms with van der Waals surface area (Å²) in [5, 5.41) is 7.60. The fourth-order valence-corrected chi connectivity index (χ4v) is 3.54. The van der Waals surface area contributed by atoms with Gasteiger partial charge in [0.05, 0.1) is 20.6 Å². The van der Waals surface area contributed by atoms with Crippen LogP contribution >= 0.6 is 0 Å². The van der Waals surface area contributed by atoms with Crippen molar-refractivity contribution in [3.05, 3.63) is 48.6 Å². The van der Waals surface area contributed by atoms with E-state index in [2.05, 4.69) is 57.9 Å². The van der Waals surface area contributed by atoms with Crippen LogP contribution in [0.3, 0.4) is 0 Å². The van der Waals surface area contributed by atoms with E-state index in [4.69, 9.17) is 5.11 Å². The normalized spacial score (nSPS) is 10.9. The second kappa shape index (κ2) is 18.4. The smallest absolute Gasteiger partial charge is 0.327 e. The van der Waals surface area contributed by atoms with Crippen LogP contribution in [0.1, 0.15) is 89.5 Å². The van der Waals surface area contributed by atoms with Crippen LogP contribution in [-0.4, -0.2) is 36.2 Å². The molecule has 0 fully saturated rings. The zero-order valence-corrected chi connectivity index (χ0v) is 19.4. The Morgan fingerprint density at radius 3 is 1.69 bits per heavy atom. The lowest BCUT2D eigenvalue weighted by Gasteiger charge is -2.30. The first kappa shape index (κ1) is 27.4. The van der Waals surface area contributed by atoms with Crippen LogP contribution in [-0.2, 0) is 11.3 Å². The van der Waals surface area contributed by atoms with Gasteiger partial charge in [-0.3, -0.25) is 0 Å². The third kappa shape index (κ3) is 19.5. The number of rotatable bonds is 16. The topological polar surface area (TPSA) is 37.3 Å². The molecule has 166 valence electrons. The minimum Gasteiger partial charge on any atom is -0.478 e. The molecule has 0 bridgehead atoms. The molecule has 0 spiro atoms.